The molecule has 0 aliphatic carbocycles. The molecule has 146 valence electrons. The normalized spacial score (nSPS) is 11.3. The van der Waals surface area contributed by atoms with Crippen molar-refractivity contribution in [1.29, 1.82) is 0 Å². The monoisotopic (exact) mass is 388 g/mol. The number of rotatable bonds is 7. The number of alkyl halides is 2. The summed E-state index contributed by atoms with van der Waals surface area (Å²) in [6, 6.07) is 11.9. The Morgan fingerprint density at radius 3 is 2.82 bits per heavy atom. The fourth-order valence-electron chi connectivity index (χ4n) is 2.71. The molecule has 0 atom stereocenters. The Balaban J connectivity index is 1.65. The zero-order chi connectivity index (χ0) is 20.1. The second-order valence-electron chi connectivity index (χ2n) is 5.82. The lowest BCUT2D eigenvalue weighted by molar-refractivity contribution is -0.121. The number of nitrogens with zero attached hydrogens (tertiary/aromatic N) is 3. The van der Waals surface area contributed by atoms with Gasteiger partial charge in [0.15, 0.2) is 11.5 Å². The van der Waals surface area contributed by atoms with Crippen LogP contribution >= 0.6 is 0 Å². The first-order valence-corrected chi connectivity index (χ1v) is 8.34. The third-order valence-corrected chi connectivity index (χ3v) is 3.95. The number of aromatic nitrogens is 2. The molecule has 3 aromatic rings. The van der Waals surface area contributed by atoms with E-state index in [1.807, 2.05) is 31.2 Å². The molecule has 9 heteroatoms. The van der Waals surface area contributed by atoms with Crippen LogP contribution in [0.4, 0.5) is 8.78 Å². The van der Waals surface area contributed by atoms with Crippen molar-refractivity contribution in [2.75, 3.05) is 7.11 Å². The Bertz CT molecular complexity index is 1020. The first kappa shape index (κ1) is 19.3. The summed E-state index contributed by atoms with van der Waals surface area (Å²) >= 11 is 0. The number of aryl methyl sites for hydroxylation is 1. The minimum absolute atomic E-state index is 0.0637. The molecule has 0 unspecified atom stereocenters. The summed E-state index contributed by atoms with van der Waals surface area (Å²) in [6.45, 7) is -1.06. The summed E-state index contributed by atoms with van der Waals surface area (Å²) in [5.74, 6) is 0.448. The maximum absolute atomic E-state index is 12.4. The van der Waals surface area contributed by atoms with Crippen molar-refractivity contribution in [3.8, 4) is 11.5 Å². The van der Waals surface area contributed by atoms with E-state index in [2.05, 4.69) is 20.2 Å². The number of nitrogens with one attached hydrogen (secondary N) is 1. The van der Waals surface area contributed by atoms with E-state index in [4.69, 9.17) is 4.74 Å². The van der Waals surface area contributed by atoms with Crippen molar-refractivity contribution in [2.24, 2.45) is 5.10 Å². The van der Waals surface area contributed by atoms with E-state index in [-0.39, 0.29) is 24.0 Å². The number of benzene rings is 2. The number of ether oxygens (including phenoxy) is 2. The number of halogens is 2. The Hall–Kier alpha value is -3.49. The lowest BCUT2D eigenvalue weighted by Crippen LogP contribution is -2.23. The lowest BCUT2D eigenvalue weighted by Gasteiger charge is -2.10. The van der Waals surface area contributed by atoms with Crippen LogP contribution in [0, 0.1) is 6.92 Å². The predicted octanol–water partition coefficient (Wildman–Crippen LogP) is 3.11. The van der Waals surface area contributed by atoms with Crippen molar-refractivity contribution >= 4 is 23.2 Å². The molecule has 1 N–H and O–H groups in total. The van der Waals surface area contributed by atoms with Crippen LogP contribution in [0.1, 0.15) is 11.4 Å². The Morgan fingerprint density at radius 2 is 2.07 bits per heavy atom. The summed E-state index contributed by atoms with van der Waals surface area (Å²) in [4.78, 5) is 16.6. The summed E-state index contributed by atoms with van der Waals surface area (Å²) in [7, 11) is 1.34. The fraction of sp³-hybridized carbons (Fsp3) is 0.211. The third-order valence-electron chi connectivity index (χ3n) is 3.95. The lowest BCUT2D eigenvalue weighted by atomic mass is 10.2. The number of carbonyl (C=O) groups is 1. The van der Waals surface area contributed by atoms with Gasteiger partial charge in [0.05, 0.1) is 24.4 Å². The summed E-state index contributed by atoms with van der Waals surface area (Å²) in [5.41, 5.74) is 4.65. The first-order valence-electron chi connectivity index (χ1n) is 8.34. The molecule has 1 heterocycles. The summed E-state index contributed by atoms with van der Waals surface area (Å²) in [5, 5.41) is 3.90. The van der Waals surface area contributed by atoms with E-state index in [0.29, 0.717) is 5.56 Å². The number of methoxy groups -OCH3 is 1. The average Bonchev–Trinajstić information content (AvgIpc) is 2.98. The molecule has 0 aliphatic rings. The number of amides is 1. The average molecular weight is 388 g/mol. The summed E-state index contributed by atoms with van der Waals surface area (Å²) < 4.78 is 35.9. The maximum Gasteiger partial charge on any atom is 0.387 e. The number of para-hydroxylation sites is 2. The van der Waals surface area contributed by atoms with Gasteiger partial charge < -0.3 is 14.0 Å². The van der Waals surface area contributed by atoms with Crippen molar-refractivity contribution < 1.29 is 23.0 Å². The van der Waals surface area contributed by atoms with E-state index in [1.165, 1.54) is 31.5 Å². The molecule has 2 aromatic carbocycles. The second-order valence-corrected chi connectivity index (χ2v) is 5.82. The van der Waals surface area contributed by atoms with Crippen LogP contribution in [0.25, 0.3) is 11.0 Å². The molecule has 0 saturated heterocycles. The largest absolute Gasteiger partial charge is 0.493 e. The number of hydrogen-bond acceptors (Lipinski definition) is 5. The minimum Gasteiger partial charge on any atom is -0.493 e. The van der Waals surface area contributed by atoms with Crippen LogP contribution in [-0.4, -0.2) is 35.4 Å². The standard InChI is InChI=1S/C19H18F2N4O3/c1-12-23-14-5-3-4-6-15(14)25(12)11-18(26)24-22-10-13-7-8-16(28-19(20)21)17(9-13)27-2/h3-10,19H,11H2,1-2H3,(H,24,26)/b22-10+. The number of imidazole rings is 1. The van der Waals surface area contributed by atoms with Crippen LogP contribution in [0.5, 0.6) is 11.5 Å². The number of fused-ring (bicyclic) bond motifs is 1. The van der Waals surface area contributed by atoms with Crippen molar-refractivity contribution in [2.45, 2.75) is 20.1 Å². The van der Waals surface area contributed by atoms with Gasteiger partial charge >= 0.3 is 6.61 Å². The number of carbonyl (C=O) groups excluding carboxylic acids is 1. The highest BCUT2D eigenvalue weighted by Crippen LogP contribution is 2.28. The predicted molar refractivity (Wildman–Crippen MR) is 99.8 cm³/mol. The van der Waals surface area contributed by atoms with Gasteiger partial charge in [-0.05, 0) is 42.8 Å². The Morgan fingerprint density at radius 1 is 1.29 bits per heavy atom. The third kappa shape index (κ3) is 4.43. The smallest absolute Gasteiger partial charge is 0.387 e. The molecule has 0 spiro atoms. The van der Waals surface area contributed by atoms with Crippen LogP contribution in [0.2, 0.25) is 0 Å². The second kappa shape index (κ2) is 8.47. The molecular weight excluding hydrogens is 370 g/mol. The molecule has 1 aromatic heterocycles. The molecule has 0 fully saturated rings. The van der Waals surface area contributed by atoms with E-state index in [1.54, 1.807) is 4.57 Å². The molecular formula is C19H18F2N4O3. The summed E-state index contributed by atoms with van der Waals surface area (Å²) in [6.07, 6.45) is 1.38. The highest BCUT2D eigenvalue weighted by Gasteiger charge is 2.11. The highest BCUT2D eigenvalue weighted by atomic mass is 19.3. The van der Waals surface area contributed by atoms with E-state index < -0.39 is 6.61 Å². The molecule has 0 bridgehead atoms. The minimum atomic E-state index is -2.95. The fourth-order valence-corrected chi connectivity index (χ4v) is 2.71. The SMILES string of the molecule is COc1cc(/C=N/NC(=O)Cn2c(C)nc3ccccc32)ccc1OC(F)F. The molecule has 7 nitrogen and oxygen atoms in total. The number of hydrogen-bond donors (Lipinski definition) is 1. The van der Waals surface area contributed by atoms with Gasteiger partial charge in [-0.25, -0.2) is 10.4 Å². The molecule has 0 radical (unpaired) electrons. The molecule has 0 saturated carbocycles. The van der Waals surface area contributed by atoms with Crippen molar-refractivity contribution in [3.63, 3.8) is 0 Å². The van der Waals surface area contributed by atoms with Crippen molar-refractivity contribution in [3.05, 3.63) is 53.9 Å². The van der Waals surface area contributed by atoms with Gasteiger partial charge in [-0.2, -0.15) is 13.9 Å². The van der Waals surface area contributed by atoms with Gasteiger partial charge in [0.2, 0.25) is 0 Å². The molecule has 28 heavy (non-hydrogen) atoms. The molecule has 1 amide bonds. The van der Waals surface area contributed by atoms with Gasteiger partial charge in [-0.3, -0.25) is 4.79 Å². The zero-order valence-corrected chi connectivity index (χ0v) is 15.2. The van der Waals surface area contributed by atoms with E-state index in [9.17, 15) is 13.6 Å². The zero-order valence-electron chi connectivity index (χ0n) is 15.2. The Kier molecular flexibility index (Phi) is 5.83. The van der Waals surface area contributed by atoms with Gasteiger partial charge in [0, 0.05) is 0 Å². The van der Waals surface area contributed by atoms with E-state index in [0.717, 1.165) is 16.9 Å². The van der Waals surface area contributed by atoms with Crippen LogP contribution in [-0.2, 0) is 11.3 Å². The first-order chi connectivity index (χ1) is 13.5. The van der Waals surface area contributed by atoms with Gasteiger partial charge in [-0.1, -0.05) is 12.1 Å². The van der Waals surface area contributed by atoms with Crippen molar-refractivity contribution in [1.82, 2.24) is 15.0 Å². The quantitative estimate of drug-likeness (QED) is 0.498. The van der Waals surface area contributed by atoms with Crippen LogP contribution < -0.4 is 14.9 Å². The van der Waals surface area contributed by atoms with Gasteiger partial charge in [0.1, 0.15) is 12.4 Å². The molecule has 0 aliphatic heterocycles. The topological polar surface area (TPSA) is 77.7 Å². The Labute approximate surface area is 159 Å². The maximum atomic E-state index is 12.4. The van der Waals surface area contributed by atoms with E-state index >= 15 is 0 Å². The highest BCUT2D eigenvalue weighted by molar-refractivity contribution is 5.84. The van der Waals surface area contributed by atoms with Crippen LogP contribution in [0.3, 0.4) is 0 Å². The number of hydrazone groups is 1. The van der Waals surface area contributed by atoms with Gasteiger partial charge in [0.25, 0.3) is 5.91 Å². The van der Waals surface area contributed by atoms with Crippen LogP contribution in [0.15, 0.2) is 47.6 Å². The van der Waals surface area contributed by atoms with Gasteiger partial charge in [-0.15, -0.1) is 0 Å². The molecule has 3 rings (SSSR count).